The number of carbonyl (C=O) groups is 1. The van der Waals surface area contributed by atoms with Gasteiger partial charge in [-0.3, -0.25) is 4.79 Å². The summed E-state index contributed by atoms with van der Waals surface area (Å²) >= 11 is 0. The minimum atomic E-state index is -0.110. The fraction of sp³-hybridized carbons (Fsp3) is 0.130. The lowest BCUT2D eigenvalue weighted by Crippen LogP contribution is -2.13. The van der Waals surface area contributed by atoms with Gasteiger partial charge in [-0.25, -0.2) is 4.98 Å². The number of aryl methyl sites for hydroxylation is 3. The number of hydrogen-bond donors (Lipinski definition) is 2. The van der Waals surface area contributed by atoms with E-state index < -0.39 is 0 Å². The molecule has 1 aromatic heterocycles. The quantitative estimate of drug-likeness (QED) is 0.516. The summed E-state index contributed by atoms with van der Waals surface area (Å²) in [5.41, 5.74) is 7.71. The van der Waals surface area contributed by atoms with E-state index in [1.165, 1.54) is 5.56 Å². The maximum absolute atomic E-state index is 12.7. The van der Waals surface area contributed by atoms with E-state index in [1.807, 2.05) is 62.4 Å². The molecule has 0 aliphatic rings. The van der Waals surface area contributed by atoms with Crippen LogP contribution in [0.3, 0.4) is 0 Å². The van der Waals surface area contributed by atoms with E-state index in [9.17, 15) is 4.79 Å². The Bertz CT molecular complexity index is 1080. The summed E-state index contributed by atoms with van der Waals surface area (Å²) in [5.74, 6) is 0.689. The molecule has 0 bridgehead atoms. The van der Waals surface area contributed by atoms with Crippen molar-refractivity contribution < 1.29 is 4.79 Å². The van der Waals surface area contributed by atoms with Crippen LogP contribution in [-0.2, 0) is 0 Å². The summed E-state index contributed by atoms with van der Waals surface area (Å²) in [7, 11) is 0. The largest absolute Gasteiger partial charge is 0.338 e. The van der Waals surface area contributed by atoms with Crippen molar-refractivity contribution in [1.29, 1.82) is 0 Å². The molecule has 1 amide bonds. The summed E-state index contributed by atoms with van der Waals surface area (Å²) in [6.07, 6.45) is 0. The van der Waals surface area contributed by atoms with Crippen LogP contribution in [0.15, 0.2) is 60.7 Å². The van der Waals surface area contributed by atoms with E-state index in [-0.39, 0.29) is 5.91 Å². The summed E-state index contributed by atoms with van der Waals surface area (Å²) < 4.78 is 0. The molecule has 0 spiro atoms. The van der Waals surface area contributed by atoms with Crippen LogP contribution in [-0.4, -0.2) is 15.9 Å². The first-order valence-corrected chi connectivity index (χ1v) is 8.95. The number of benzene rings is 3. The molecule has 4 rings (SSSR count). The number of rotatable bonds is 3. The highest BCUT2D eigenvalue weighted by molar-refractivity contribution is 6.05. The second-order valence-corrected chi connectivity index (χ2v) is 6.91. The van der Waals surface area contributed by atoms with Gasteiger partial charge in [-0.2, -0.15) is 0 Å². The van der Waals surface area contributed by atoms with E-state index in [4.69, 9.17) is 0 Å². The highest BCUT2D eigenvalue weighted by Crippen LogP contribution is 2.24. The molecule has 134 valence electrons. The Morgan fingerprint density at radius 3 is 2.26 bits per heavy atom. The minimum Gasteiger partial charge on any atom is -0.338 e. The number of nitrogens with one attached hydrogen (secondary N) is 2. The van der Waals surface area contributed by atoms with Gasteiger partial charge in [0.2, 0.25) is 0 Å². The number of aromatic amines is 1. The summed E-state index contributed by atoms with van der Waals surface area (Å²) in [6, 6.07) is 19.6. The molecule has 4 nitrogen and oxygen atoms in total. The molecule has 2 N–H and O–H groups in total. The summed E-state index contributed by atoms with van der Waals surface area (Å²) in [4.78, 5) is 20.6. The average molecular weight is 355 g/mol. The Balaban J connectivity index is 1.58. The highest BCUT2D eigenvalue weighted by atomic mass is 16.1. The number of amides is 1. The van der Waals surface area contributed by atoms with Gasteiger partial charge in [0.05, 0.1) is 11.0 Å². The van der Waals surface area contributed by atoms with Crippen molar-refractivity contribution >= 4 is 22.6 Å². The molecule has 0 saturated carbocycles. The smallest absolute Gasteiger partial charge is 0.255 e. The molecule has 0 aliphatic carbocycles. The van der Waals surface area contributed by atoms with E-state index in [2.05, 4.69) is 34.3 Å². The molecule has 0 fully saturated rings. The summed E-state index contributed by atoms with van der Waals surface area (Å²) in [5, 5.41) is 3.04. The number of H-pyrrole nitrogens is 1. The Labute approximate surface area is 158 Å². The average Bonchev–Trinajstić information content (AvgIpc) is 3.09. The van der Waals surface area contributed by atoms with Crippen molar-refractivity contribution in [2.45, 2.75) is 20.8 Å². The monoisotopic (exact) mass is 355 g/mol. The van der Waals surface area contributed by atoms with Crippen LogP contribution in [0, 0.1) is 20.8 Å². The number of fused-ring (bicyclic) bond motifs is 1. The lowest BCUT2D eigenvalue weighted by molar-refractivity contribution is 0.102. The molecular formula is C23H21N3O. The molecule has 0 atom stereocenters. The fourth-order valence-corrected chi connectivity index (χ4v) is 3.43. The zero-order valence-electron chi connectivity index (χ0n) is 15.6. The number of aromatic nitrogens is 2. The molecule has 4 heteroatoms. The third-order valence-corrected chi connectivity index (χ3v) is 4.73. The van der Waals surface area contributed by atoms with Crippen molar-refractivity contribution in [3.63, 3.8) is 0 Å². The number of nitrogens with zero attached hydrogens (tertiary/aromatic N) is 1. The highest BCUT2D eigenvalue weighted by Gasteiger charge is 2.11. The van der Waals surface area contributed by atoms with Crippen LogP contribution in [0.25, 0.3) is 22.4 Å². The Kier molecular flexibility index (Phi) is 4.24. The van der Waals surface area contributed by atoms with Gasteiger partial charge in [0, 0.05) is 16.8 Å². The van der Waals surface area contributed by atoms with Crippen LogP contribution < -0.4 is 5.32 Å². The number of anilines is 1. The Morgan fingerprint density at radius 1 is 0.926 bits per heavy atom. The standard InChI is InChI=1S/C23H21N3O/c1-14-12-15(2)21(16(3)13-14)26-23(27)18-10-8-17(9-11-18)22-24-19-6-4-5-7-20(19)25-22/h4-13H,1-3H3,(H,24,25)(H,26,27). The first-order chi connectivity index (χ1) is 13.0. The molecular weight excluding hydrogens is 334 g/mol. The van der Waals surface area contributed by atoms with Crippen molar-refractivity contribution in [1.82, 2.24) is 9.97 Å². The lowest BCUT2D eigenvalue weighted by Gasteiger charge is -2.13. The fourth-order valence-electron chi connectivity index (χ4n) is 3.43. The Morgan fingerprint density at radius 2 is 1.59 bits per heavy atom. The minimum absolute atomic E-state index is 0.110. The van der Waals surface area contributed by atoms with Crippen molar-refractivity contribution in [3.8, 4) is 11.4 Å². The van der Waals surface area contributed by atoms with Gasteiger partial charge < -0.3 is 10.3 Å². The second kappa shape index (κ2) is 6.72. The molecule has 3 aromatic carbocycles. The number of para-hydroxylation sites is 2. The first kappa shape index (κ1) is 17.0. The predicted octanol–water partition coefficient (Wildman–Crippen LogP) is 5.41. The van der Waals surface area contributed by atoms with Crippen LogP contribution in [0.2, 0.25) is 0 Å². The van der Waals surface area contributed by atoms with Gasteiger partial charge in [0.1, 0.15) is 5.82 Å². The normalized spacial score (nSPS) is 10.9. The third-order valence-electron chi connectivity index (χ3n) is 4.73. The maximum atomic E-state index is 12.7. The number of hydrogen-bond acceptors (Lipinski definition) is 2. The molecule has 27 heavy (non-hydrogen) atoms. The molecule has 0 unspecified atom stereocenters. The number of imidazole rings is 1. The van der Waals surface area contributed by atoms with Crippen LogP contribution in [0.4, 0.5) is 5.69 Å². The zero-order chi connectivity index (χ0) is 19.0. The topological polar surface area (TPSA) is 57.8 Å². The van der Waals surface area contributed by atoms with Crippen LogP contribution in [0.1, 0.15) is 27.0 Å². The second-order valence-electron chi connectivity index (χ2n) is 6.91. The van der Waals surface area contributed by atoms with Gasteiger partial charge in [-0.05, 0) is 56.2 Å². The van der Waals surface area contributed by atoms with Gasteiger partial charge >= 0.3 is 0 Å². The van der Waals surface area contributed by atoms with Gasteiger partial charge in [-0.1, -0.05) is 42.0 Å². The maximum Gasteiger partial charge on any atom is 0.255 e. The van der Waals surface area contributed by atoms with Crippen molar-refractivity contribution in [3.05, 3.63) is 82.9 Å². The zero-order valence-corrected chi connectivity index (χ0v) is 15.6. The lowest BCUT2D eigenvalue weighted by atomic mass is 10.0. The summed E-state index contributed by atoms with van der Waals surface area (Å²) in [6.45, 7) is 6.09. The molecule has 1 heterocycles. The van der Waals surface area contributed by atoms with Crippen LogP contribution >= 0.6 is 0 Å². The predicted molar refractivity (Wildman–Crippen MR) is 110 cm³/mol. The van der Waals surface area contributed by atoms with Gasteiger partial charge in [0.15, 0.2) is 0 Å². The van der Waals surface area contributed by atoms with Gasteiger partial charge in [-0.15, -0.1) is 0 Å². The number of carbonyl (C=O) groups excluding carboxylic acids is 1. The molecule has 4 aromatic rings. The molecule has 0 aliphatic heterocycles. The van der Waals surface area contributed by atoms with Crippen molar-refractivity contribution in [2.75, 3.05) is 5.32 Å². The first-order valence-electron chi connectivity index (χ1n) is 8.95. The van der Waals surface area contributed by atoms with E-state index >= 15 is 0 Å². The SMILES string of the molecule is Cc1cc(C)c(NC(=O)c2ccc(-c3nc4ccccc4[nH]3)cc2)c(C)c1. The van der Waals surface area contributed by atoms with E-state index in [1.54, 1.807) is 0 Å². The van der Waals surface area contributed by atoms with E-state index in [0.29, 0.717) is 5.56 Å². The van der Waals surface area contributed by atoms with E-state index in [0.717, 1.165) is 39.2 Å². The van der Waals surface area contributed by atoms with Gasteiger partial charge in [0.25, 0.3) is 5.91 Å². The van der Waals surface area contributed by atoms with Crippen molar-refractivity contribution in [2.24, 2.45) is 0 Å². The molecule has 0 radical (unpaired) electrons. The molecule has 0 saturated heterocycles. The third kappa shape index (κ3) is 3.34. The Hall–Kier alpha value is -3.40. The van der Waals surface area contributed by atoms with Crippen LogP contribution in [0.5, 0.6) is 0 Å².